The van der Waals surface area contributed by atoms with E-state index in [0.717, 1.165) is 5.75 Å². The predicted molar refractivity (Wildman–Crippen MR) is 56.7 cm³/mol. The minimum Gasteiger partial charge on any atom is -0.487 e. The van der Waals surface area contributed by atoms with Crippen LogP contribution >= 0.6 is 0 Å². The van der Waals surface area contributed by atoms with E-state index in [1.807, 2.05) is 0 Å². The zero-order valence-corrected chi connectivity index (χ0v) is 8.68. The second-order valence-electron chi connectivity index (χ2n) is 4.75. The van der Waals surface area contributed by atoms with E-state index in [4.69, 9.17) is 4.74 Å². The summed E-state index contributed by atoms with van der Waals surface area (Å²) in [5.41, 5.74) is 2.94. The number of hydrogen-bond donors (Lipinski definition) is 0. The first kappa shape index (κ1) is 8.34. The fourth-order valence-corrected chi connectivity index (χ4v) is 2.53. The molecule has 2 aliphatic rings. The molecule has 1 saturated carbocycles. The van der Waals surface area contributed by atoms with Gasteiger partial charge in [0.05, 0.1) is 0 Å². The molecule has 14 heavy (non-hydrogen) atoms. The van der Waals surface area contributed by atoms with Crippen molar-refractivity contribution in [1.29, 1.82) is 0 Å². The van der Waals surface area contributed by atoms with Gasteiger partial charge in [-0.05, 0) is 56.2 Å². The van der Waals surface area contributed by atoms with Gasteiger partial charge in [-0.25, -0.2) is 0 Å². The second-order valence-corrected chi connectivity index (χ2v) is 4.75. The summed E-state index contributed by atoms with van der Waals surface area (Å²) in [7, 11) is 0. The molecular formula is C13H16O. The molecule has 0 saturated heterocycles. The number of aryl methyl sites for hydroxylation is 2. The van der Waals surface area contributed by atoms with Gasteiger partial charge in [0.2, 0.25) is 0 Å². The number of rotatable bonds is 0. The van der Waals surface area contributed by atoms with Crippen LogP contribution in [-0.2, 0) is 6.42 Å². The van der Waals surface area contributed by atoms with E-state index >= 15 is 0 Å². The van der Waals surface area contributed by atoms with Crippen LogP contribution in [0.5, 0.6) is 5.75 Å². The minimum atomic E-state index is 0.237. The van der Waals surface area contributed by atoms with Crippen molar-refractivity contribution in [3.05, 3.63) is 29.3 Å². The highest BCUT2D eigenvalue weighted by atomic mass is 16.5. The Kier molecular flexibility index (Phi) is 1.64. The fourth-order valence-electron chi connectivity index (χ4n) is 2.53. The average Bonchev–Trinajstić information content (AvgIpc) is 2.14. The lowest BCUT2D eigenvalue weighted by molar-refractivity contribution is -0.0249. The van der Waals surface area contributed by atoms with E-state index in [1.54, 1.807) is 0 Å². The smallest absolute Gasteiger partial charge is 0.123 e. The molecule has 1 heterocycles. The van der Waals surface area contributed by atoms with Crippen molar-refractivity contribution in [2.24, 2.45) is 0 Å². The number of fused-ring (bicyclic) bond motifs is 1. The maximum Gasteiger partial charge on any atom is 0.123 e. The third kappa shape index (κ3) is 1.15. The highest BCUT2D eigenvalue weighted by Gasteiger charge is 2.41. The van der Waals surface area contributed by atoms with Crippen molar-refractivity contribution in [2.75, 3.05) is 0 Å². The predicted octanol–water partition coefficient (Wildman–Crippen LogP) is 3.24. The normalized spacial score (nSPS) is 22.4. The highest BCUT2D eigenvalue weighted by Crippen LogP contribution is 2.44. The lowest BCUT2D eigenvalue weighted by Gasteiger charge is -2.45. The molecule has 3 rings (SSSR count). The second kappa shape index (κ2) is 2.75. The van der Waals surface area contributed by atoms with Gasteiger partial charge in [0.1, 0.15) is 11.4 Å². The van der Waals surface area contributed by atoms with Crippen LogP contribution in [0.3, 0.4) is 0 Å². The molecule has 1 nitrogen and oxygen atoms in total. The lowest BCUT2D eigenvalue weighted by atomic mass is 9.74. The molecule has 1 heteroatoms. The van der Waals surface area contributed by atoms with E-state index in [-0.39, 0.29) is 5.60 Å². The van der Waals surface area contributed by atoms with Crippen LogP contribution < -0.4 is 4.74 Å². The molecule has 1 fully saturated rings. The summed E-state index contributed by atoms with van der Waals surface area (Å²) in [6, 6.07) is 6.59. The third-order valence-electron chi connectivity index (χ3n) is 3.66. The van der Waals surface area contributed by atoms with Crippen molar-refractivity contribution < 1.29 is 4.74 Å². The van der Waals surface area contributed by atoms with Crippen molar-refractivity contribution >= 4 is 0 Å². The maximum atomic E-state index is 6.14. The Morgan fingerprint density at radius 1 is 1.21 bits per heavy atom. The first-order chi connectivity index (χ1) is 6.77. The topological polar surface area (TPSA) is 9.23 Å². The molecule has 1 aliphatic heterocycles. The van der Waals surface area contributed by atoms with Crippen LogP contribution in [-0.4, -0.2) is 5.60 Å². The largest absolute Gasteiger partial charge is 0.487 e. The quantitative estimate of drug-likeness (QED) is 0.607. The van der Waals surface area contributed by atoms with Crippen LogP contribution in [0.15, 0.2) is 18.2 Å². The SMILES string of the molecule is Cc1ccc2c(c1)OC1(CCC1)CC2. The molecule has 0 N–H and O–H groups in total. The summed E-state index contributed by atoms with van der Waals surface area (Å²) in [6.07, 6.45) is 6.31. The van der Waals surface area contributed by atoms with Crippen molar-refractivity contribution in [3.63, 3.8) is 0 Å². The van der Waals surface area contributed by atoms with Crippen LogP contribution in [0.25, 0.3) is 0 Å². The molecular weight excluding hydrogens is 172 g/mol. The molecule has 74 valence electrons. The number of hydrogen-bond acceptors (Lipinski definition) is 1. The molecule has 0 aromatic heterocycles. The molecule has 0 amide bonds. The Hall–Kier alpha value is -0.980. The number of benzene rings is 1. The van der Waals surface area contributed by atoms with Crippen molar-refractivity contribution in [2.45, 2.75) is 44.6 Å². The van der Waals surface area contributed by atoms with Gasteiger partial charge in [0.15, 0.2) is 0 Å². The van der Waals surface area contributed by atoms with E-state index in [2.05, 4.69) is 25.1 Å². The van der Waals surface area contributed by atoms with Gasteiger partial charge in [-0.1, -0.05) is 12.1 Å². The molecule has 0 unspecified atom stereocenters. The van der Waals surface area contributed by atoms with Gasteiger partial charge >= 0.3 is 0 Å². The summed E-state index contributed by atoms with van der Waals surface area (Å²) in [5, 5.41) is 0. The Balaban J connectivity index is 1.96. The minimum absolute atomic E-state index is 0.237. The summed E-state index contributed by atoms with van der Waals surface area (Å²) in [6.45, 7) is 2.13. The van der Waals surface area contributed by atoms with Crippen LogP contribution in [0, 0.1) is 6.92 Å². The monoisotopic (exact) mass is 188 g/mol. The van der Waals surface area contributed by atoms with Crippen LogP contribution in [0.4, 0.5) is 0 Å². The molecule has 1 spiro atoms. The summed E-state index contributed by atoms with van der Waals surface area (Å²) in [5.74, 6) is 1.15. The number of ether oxygens (including phenoxy) is 1. The molecule has 1 aromatic rings. The van der Waals surface area contributed by atoms with E-state index in [1.165, 1.54) is 43.2 Å². The average molecular weight is 188 g/mol. The first-order valence-electron chi connectivity index (χ1n) is 5.56. The van der Waals surface area contributed by atoms with Gasteiger partial charge in [0, 0.05) is 0 Å². The van der Waals surface area contributed by atoms with Gasteiger partial charge in [-0.3, -0.25) is 0 Å². The Labute approximate surface area is 85.1 Å². The molecule has 0 radical (unpaired) electrons. The highest BCUT2D eigenvalue weighted by molar-refractivity contribution is 5.39. The van der Waals surface area contributed by atoms with Crippen molar-refractivity contribution in [1.82, 2.24) is 0 Å². The van der Waals surface area contributed by atoms with Gasteiger partial charge < -0.3 is 4.74 Å². The Bertz CT molecular complexity index is 363. The van der Waals surface area contributed by atoms with Crippen molar-refractivity contribution in [3.8, 4) is 5.75 Å². The van der Waals surface area contributed by atoms with Gasteiger partial charge in [-0.2, -0.15) is 0 Å². The zero-order chi connectivity index (χ0) is 9.60. The van der Waals surface area contributed by atoms with Crippen LogP contribution in [0.2, 0.25) is 0 Å². The standard InChI is InChI=1S/C13H16O/c1-10-3-4-11-5-8-13(6-2-7-13)14-12(11)9-10/h3-4,9H,2,5-8H2,1H3. The lowest BCUT2D eigenvalue weighted by Crippen LogP contribution is -2.45. The summed E-state index contributed by atoms with van der Waals surface area (Å²) >= 11 is 0. The Morgan fingerprint density at radius 3 is 2.79 bits per heavy atom. The van der Waals surface area contributed by atoms with E-state index < -0.39 is 0 Å². The van der Waals surface area contributed by atoms with Gasteiger partial charge in [-0.15, -0.1) is 0 Å². The summed E-state index contributed by atoms with van der Waals surface area (Å²) in [4.78, 5) is 0. The fraction of sp³-hybridized carbons (Fsp3) is 0.538. The third-order valence-corrected chi connectivity index (χ3v) is 3.66. The molecule has 1 aromatic carbocycles. The van der Waals surface area contributed by atoms with Gasteiger partial charge in [0.25, 0.3) is 0 Å². The van der Waals surface area contributed by atoms with Crippen LogP contribution in [0.1, 0.15) is 36.8 Å². The zero-order valence-electron chi connectivity index (χ0n) is 8.68. The maximum absolute atomic E-state index is 6.14. The first-order valence-corrected chi connectivity index (χ1v) is 5.56. The molecule has 1 aliphatic carbocycles. The molecule has 0 atom stereocenters. The summed E-state index contributed by atoms with van der Waals surface area (Å²) < 4.78 is 6.14. The van der Waals surface area contributed by atoms with E-state index in [0.29, 0.717) is 0 Å². The van der Waals surface area contributed by atoms with E-state index in [9.17, 15) is 0 Å². The Morgan fingerprint density at radius 2 is 2.07 bits per heavy atom. The molecule has 0 bridgehead atoms.